The highest BCUT2D eigenvalue weighted by Crippen LogP contribution is 2.22. The van der Waals surface area contributed by atoms with Gasteiger partial charge >= 0.3 is 5.97 Å². The quantitative estimate of drug-likeness (QED) is 0.832. The molecule has 0 fully saturated rings. The maximum absolute atomic E-state index is 12.1. The molecule has 0 aliphatic heterocycles. The molecule has 1 atom stereocenters. The first-order chi connectivity index (χ1) is 11.4. The largest absolute Gasteiger partial charge is 0.449 e. The molecule has 1 amide bonds. The average Bonchev–Trinajstić information content (AvgIpc) is 2.57. The number of benzene rings is 2. The first-order valence-electron chi connectivity index (χ1n) is 6.88. The van der Waals surface area contributed by atoms with Crippen LogP contribution in [0.2, 0.25) is 10.0 Å². The van der Waals surface area contributed by atoms with Gasteiger partial charge in [-0.05, 0) is 37.3 Å². The average molecular weight is 363 g/mol. The summed E-state index contributed by atoms with van der Waals surface area (Å²) >= 11 is 11.8. The Hall–Kier alpha value is -2.55. The van der Waals surface area contributed by atoms with Crippen LogP contribution in [0.15, 0.2) is 42.5 Å². The second-order valence-electron chi connectivity index (χ2n) is 4.82. The van der Waals surface area contributed by atoms with E-state index in [9.17, 15) is 9.59 Å². The van der Waals surface area contributed by atoms with Gasteiger partial charge in [-0.3, -0.25) is 4.79 Å². The monoisotopic (exact) mass is 362 g/mol. The third-order valence-corrected chi connectivity index (χ3v) is 3.67. The molecule has 0 heterocycles. The van der Waals surface area contributed by atoms with Gasteiger partial charge in [0.1, 0.15) is 6.07 Å². The highest BCUT2D eigenvalue weighted by atomic mass is 35.5. The minimum Gasteiger partial charge on any atom is -0.449 e. The molecule has 2 aromatic rings. The van der Waals surface area contributed by atoms with Crippen LogP contribution in [0, 0.1) is 11.3 Å². The van der Waals surface area contributed by atoms with E-state index in [1.54, 1.807) is 24.3 Å². The molecule has 0 spiro atoms. The summed E-state index contributed by atoms with van der Waals surface area (Å²) in [6.45, 7) is 1.42. The van der Waals surface area contributed by atoms with Gasteiger partial charge in [-0.1, -0.05) is 35.3 Å². The summed E-state index contributed by atoms with van der Waals surface area (Å²) in [6, 6.07) is 12.8. The van der Waals surface area contributed by atoms with Crippen molar-refractivity contribution in [1.29, 1.82) is 5.26 Å². The molecule has 122 valence electrons. The Morgan fingerprint density at radius 2 is 1.92 bits per heavy atom. The molecule has 2 aromatic carbocycles. The van der Waals surface area contributed by atoms with Crippen molar-refractivity contribution in [2.75, 3.05) is 5.32 Å². The van der Waals surface area contributed by atoms with Gasteiger partial charge in [-0.15, -0.1) is 0 Å². The second-order valence-corrected chi connectivity index (χ2v) is 5.66. The van der Waals surface area contributed by atoms with Crippen LogP contribution < -0.4 is 5.32 Å². The molecule has 0 saturated carbocycles. The molecule has 0 saturated heterocycles. The molecule has 0 aliphatic rings. The lowest BCUT2D eigenvalue weighted by atomic mass is 10.2. The molecular weight excluding hydrogens is 351 g/mol. The first-order valence-corrected chi connectivity index (χ1v) is 7.64. The van der Waals surface area contributed by atoms with Crippen molar-refractivity contribution in [3.8, 4) is 6.07 Å². The van der Waals surface area contributed by atoms with Crippen LogP contribution >= 0.6 is 23.2 Å². The fourth-order valence-electron chi connectivity index (χ4n) is 1.86. The van der Waals surface area contributed by atoms with E-state index in [1.807, 2.05) is 6.07 Å². The minimum atomic E-state index is -1.08. The van der Waals surface area contributed by atoms with Crippen molar-refractivity contribution >= 4 is 40.8 Å². The van der Waals surface area contributed by atoms with Gasteiger partial charge in [0, 0.05) is 5.02 Å². The van der Waals surface area contributed by atoms with Crippen LogP contribution in [-0.2, 0) is 9.53 Å². The maximum Gasteiger partial charge on any atom is 0.340 e. The zero-order chi connectivity index (χ0) is 17.7. The molecule has 0 aliphatic carbocycles. The molecule has 2 rings (SSSR count). The fraction of sp³-hybridized carbons (Fsp3) is 0.118. The molecule has 24 heavy (non-hydrogen) atoms. The van der Waals surface area contributed by atoms with Crippen LogP contribution in [0.25, 0.3) is 0 Å². The van der Waals surface area contributed by atoms with Gasteiger partial charge in [0.25, 0.3) is 5.91 Å². The molecule has 7 heteroatoms. The molecular formula is C17H12Cl2N2O3. The lowest BCUT2D eigenvalue weighted by molar-refractivity contribution is -0.123. The zero-order valence-corrected chi connectivity index (χ0v) is 14.1. The van der Waals surface area contributed by atoms with Gasteiger partial charge < -0.3 is 10.1 Å². The van der Waals surface area contributed by atoms with Gasteiger partial charge in [-0.25, -0.2) is 4.79 Å². The number of anilines is 1. The van der Waals surface area contributed by atoms with E-state index in [0.29, 0.717) is 16.3 Å². The number of nitrogens with one attached hydrogen (secondary N) is 1. The molecule has 0 radical (unpaired) electrons. The summed E-state index contributed by atoms with van der Waals surface area (Å²) in [5.74, 6) is -1.33. The second kappa shape index (κ2) is 7.82. The Morgan fingerprint density at radius 1 is 1.21 bits per heavy atom. The smallest absolute Gasteiger partial charge is 0.340 e. The predicted octanol–water partition coefficient (Wildman–Crippen LogP) is 4.05. The highest BCUT2D eigenvalue weighted by molar-refractivity contribution is 6.35. The third-order valence-electron chi connectivity index (χ3n) is 3.11. The van der Waals surface area contributed by atoms with Gasteiger partial charge in [-0.2, -0.15) is 5.26 Å². The van der Waals surface area contributed by atoms with Crippen LogP contribution in [-0.4, -0.2) is 18.0 Å². The van der Waals surface area contributed by atoms with Crippen molar-refractivity contribution < 1.29 is 14.3 Å². The topological polar surface area (TPSA) is 79.2 Å². The predicted molar refractivity (Wildman–Crippen MR) is 91.1 cm³/mol. The van der Waals surface area contributed by atoms with Crippen molar-refractivity contribution in [3.63, 3.8) is 0 Å². The number of rotatable bonds is 4. The van der Waals surface area contributed by atoms with E-state index in [0.717, 1.165) is 0 Å². The number of amides is 1. The summed E-state index contributed by atoms with van der Waals surface area (Å²) in [6.07, 6.45) is -1.08. The summed E-state index contributed by atoms with van der Waals surface area (Å²) < 4.78 is 5.10. The number of para-hydroxylation sites is 1. The number of nitrogens with zero attached hydrogens (tertiary/aromatic N) is 1. The first kappa shape index (κ1) is 17.8. The fourth-order valence-corrected chi connectivity index (χ4v) is 2.22. The third kappa shape index (κ3) is 4.25. The van der Waals surface area contributed by atoms with E-state index >= 15 is 0 Å². The zero-order valence-electron chi connectivity index (χ0n) is 12.5. The number of nitriles is 1. The molecule has 0 aromatic heterocycles. The Balaban J connectivity index is 2.07. The molecule has 1 N–H and O–H groups in total. The summed E-state index contributed by atoms with van der Waals surface area (Å²) in [4.78, 5) is 24.3. The van der Waals surface area contributed by atoms with Crippen LogP contribution in [0.5, 0.6) is 0 Å². The number of halogens is 2. The molecule has 5 nitrogen and oxygen atoms in total. The number of carbonyl (C=O) groups excluding carboxylic acids is 2. The van der Waals surface area contributed by atoms with Crippen molar-refractivity contribution in [1.82, 2.24) is 0 Å². The van der Waals surface area contributed by atoms with E-state index < -0.39 is 18.0 Å². The Morgan fingerprint density at radius 3 is 2.62 bits per heavy atom. The molecule has 0 unspecified atom stereocenters. The number of hydrogen-bond donors (Lipinski definition) is 1. The van der Waals surface area contributed by atoms with Crippen LogP contribution in [0.3, 0.4) is 0 Å². The summed E-state index contributed by atoms with van der Waals surface area (Å²) in [5, 5.41) is 12.1. The number of hydrogen-bond acceptors (Lipinski definition) is 4. The SMILES string of the molecule is C[C@@H](OC(=O)c1cc(Cl)ccc1Cl)C(=O)Nc1ccccc1C#N. The standard InChI is InChI=1S/C17H12Cl2N2O3/c1-10(16(22)21-15-5-3-2-4-11(15)9-20)24-17(23)13-8-12(18)6-7-14(13)19/h2-8,10H,1H3,(H,21,22)/t10-/m1/s1. The van der Waals surface area contributed by atoms with Crippen LogP contribution in [0.1, 0.15) is 22.8 Å². The number of ether oxygens (including phenoxy) is 1. The summed E-state index contributed by atoms with van der Waals surface area (Å²) in [5.41, 5.74) is 0.720. The Kier molecular flexibility index (Phi) is 5.80. The van der Waals surface area contributed by atoms with Gasteiger partial charge in [0.15, 0.2) is 6.10 Å². The van der Waals surface area contributed by atoms with E-state index in [-0.39, 0.29) is 10.6 Å². The molecule has 0 bridgehead atoms. The maximum atomic E-state index is 12.1. The minimum absolute atomic E-state index is 0.0706. The van der Waals surface area contributed by atoms with E-state index in [1.165, 1.54) is 25.1 Å². The van der Waals surface area contributed by atoms with Crippen molar-refractivity contribution in [2.24, 2.45) is 0 Å². The Labute approximate surface area is 148 Å². The normalized spacial score (nSPS) is 11.2. The lowest BCUT2D eigenvalue weighted by Gasteiger charge is -2.14. The van der Waals surface area contributed by atoms with Gasteiger partial charge in [0.05, 0.1) is 21.8 Å². The lowest BCUT2D eigenvalue weighted by Crippen LogP contribution is -2.30. The van der Waals surface area contributed by atoms with E-state index in [2.05, 4.69) is 5.32 Å². The highest BCUT2D eigenvalue weighted by Gasteiger charge is 2.21. The number of carbonyl (C=O) groups is 2. The van der Waals surface area contributed by atoms with Crippen LogP contribution in [0.4, 0.5) is 5.69 Å². The van der Waals surface area contributed by atoms with Crippen molar-refractivity contribution in [3.05, 3.63) is 63.6 Å². The van der Waals surface area contributed by atoms with Crippen molar-refractivity contribution in [2.45, 2.75) is 13.0 Å². The Bertz CT molecular complexity index is 831. The number of esters is 1. The van der Waals surface area contributed by atoms with Gasteiger partial charge in [0.2, 0.25) is 0 Å². The summed E-state index contributed by atoms with van der Waals surface area (Å²) in [7, 11) is 0. The van der Waals surface area contributed by atoms with E-state index in [4.69, 9.17) is 33.2 Å².